The van der Waals surface area contributed by atoms with Crippen molar-refractivity contribution in [2.75, 3.05) is 6.61 Å². The Hall–Kier alpha value is -1.05. The monoisotopic (exact) mass is 185 g/mol. The van der Waals surface area contributed by atoms with Crippen LogP contribution >= 0.6 is 0 Å². The minimum Gasteiger partial charge on any atom is -0.458 e. The van der Waals surface area contributed by atoms with Crippen LogP contribution in [0.5, 0.6) is 0 Å². The summed E-state index contributed by atoms with van der Waals surface area (Å²) in [6, 6.07) is -0.980. The number of carbonyl (C=O) groups is 1. The summed E-state index contributed by atoms with van der Waals surface area (Å²) in [6.45, 7) is 4.93. The number of carbonyl (C=O) groups excluding carboxylic acids is 1. The lowest BCUT2D eigenvalue weighted by molar-refractivity contribution is -0.154. The van der Waals surface area contributed by atoms with Crippen LogP contribution in [0.3, 0.4) is 0 Å². The summed E-state index contributed by atoms with van der Waals surface area (Å²) in [7, 11) is 0. The van der Waals surface area contributed by atoms with Crippen molar-refractivity contribution in [3.8, 4) is 11.8 Å². The van der Waals surface area contributed by atoms with Crippen molar-refractivity contribution in [1.29, 1.82) is 0 Å². The van der Waals surface area contributed by atoms with Crippen LogP contribution in [0.15, 0.2) is 0 Å². The first-order valence-corrected chi connectivity index (χ1v) is 3.94. The van der Waals surface area contributed by atoms with Crippen LogP contribution in [0.2, 0.25) is 0 Å². The Labute approximate surface area is 78.1 Å². The van der Waals surface area contributed by atoms with E-state index in [4.69, 9.17) is 15.6 Å². The molecule has 0 saturated carbocycles. The summed E-state index contributed by atoms with van der Waals surface area (Å²) in [6.07, 6.45) is 0. The van der Waals surface area contributed by atoms with Gasteiger partial charge in [0.2, 0.25) is 0 Å². The average Bonchev–Trinajstić information content (AvgIpc) is 1.96. The second kappa shape index (κ2) is 4.85. The molecule has 0 bridgehead atoms. The lowest BCUT2D eigenvalue weighted by Crippen LogP contribution is -2.36. The topological polar surface area (TPSA) is 72.5 Å². The van der Waals surface area contributed by atoms with Gasteiger partial charge < -0.3 is 15.6 Å². The van der Waals surface area contributed by atoms with Gasteiger partial charge in [0, 0.05) is 0 Å². The minimum absolute atomic E-state index is 0.309. The molecule has 0 amide bonds. The fourth-order valence-corrected chi connectivity index (χ4v) is 0.580. The second-order valence-electron chi connectivity index (χ2n) is 3.49. The summed E-state index contributed by atoms with van der Waals surface area (Å²) in [4.78, 5) is 11.1. The molecule has 74 valence electrons. The summed E-state index contributed by atoms with van der Waals surface area (Å²) < 4.78 is 4.95. The van der Waals surface area contributed by atoms with Crippen molar-refractivity contribution in [2.45, 2.75) is 32.4 Å². The summed E-state index contributed by atoms with van der Waals surface area (Å²) in [5.41, 5.74) is 4.79. The van der Waals surface area contributed by atoms with Gasteiger partial charge in [-0.25, -0.2) is 4.79 Å². The quantitative estimate of drug-likeness (QED) is 0.432. The summed E-state index contributed by atoms with van der Waals surface area (Å²) in [5, 5.41) is 8.35. The van der Waals surface area contributed by atoms with E-state index >= 15 is 0 Å². The Morgan fingerprint density at radius 3 is 2.54 bits per heavy atom. The first-order chi connectivity index (χ1) is 5.87. The Kier molecular flexibility index (Phi) is 4.46. The molecule has 4 heteroatoms. The molecule has 4 nitrogen and oxygen atoms in total. The van der Waals surface area contributed by atoms with E-state index in [1.54, 1.807) is 20.8 Å². The van der Waals surface area contributed by atoms with E-state index < -0.39 is 17.6 Å². The Morgan fingerprint density at radius 2 is 2.15 bits per heavy atom. The molecule has 0 spiro atoms. The Bertz CT molecular complexity index is 231. The van der Waals surface area contributed by atoms with Gasteiger partial charge in [-0.2, -0.15) is 0 Å². The molecule has 0 radical (unpaired) electrons. The molecule has 0 aliphatic carbocycles. The van der Waals surface area contributed by atoms with Gasteiger partial charge in [0.25, 0.3) is 0 Å². The zero-order valence-corrected chi connectivity index (χ0v) is 8.13. The molecular formula is C9H15NO3. The molecule has 1 atom stereocenters. The molecule has 0 fully saturated rings. The van der Waals surface area contributed by atoms with Crippen molar-refractivity contribution < 1.29 is 14.6 Å². The van der Waals surface area contributed by atoms with E-state index in [0.29, 0.717) is 0 Å². The minimum atomic E-state index is -0.980. The van der Waals surface area contributed by atoms with Crippen LogP contribution in [0.4, 0.5) is 0 Å². The molecule has 0 saturated heterocycles. The predicted molar refractivity (Wildman–Crippen MR) is 48.7 cm³/mol. The molecule has 0 rings (SSSR count). The SMILES string of the molecule is CC(C)(C)OC(=O)C(N)C#CCO. The number of esters is 1. The Balaban J connectivity index is 4.12. The van der Waals surface area contributed by atoms with E-state index in [9.17, 15) is 4.79 Å². The fraction of sp³-hybridized carbons (Fsp3) is 0.667. The van der Waals surface area contributed by atoms with Crippen LogP contribution in [0, 0.1) is 11.8 Å². The zero-order valence-electron chi connectivity index (χ0n) is 8.13. The molecular weight excluding hydrogens is 170 g/mol. The average molecular weight is 185 g/mol. The molecule has 0 aromatic rings. The predicted octanol–water partition coefficient (Wildman–Crippen LogP) is -0.349. The third-order valence-corrected chi connectivity index (χ3v) is 0.997. The number of nitrogens with two attached hydrogens (primary N) is 1. The standard InChI is InChI=1S/C9H15NO3/c1-9(2,3)13-8(12)7(10)5-4-6-11/h7,11H,6,10H2,1-3H3. The number of hydrogen-bond acceptors (Lipinski definition) is 4. The highest BCUT2D eigenvalue weighted by atomic mass is 16.6. The van der Waals surface area contributed by atoms with Crippen molar-refractivity contribution in [3.63, 3.8) is 0 Å². The highest BCUT2D eigenvalue weighted by Crippen LogP contribution is 2.07. The molecule has 0 aromatic heterocycles. The number of aliphatic hydroxyl groups excluding tert-OH is 1. The smallest absolute Gasteiger partial charge is 0.336 e. The van der Waals surface area contributed by atoms with Crippen LogP contribution in [0.1, 0.15) is 20.8 Å². The van der Waals surface area contributed by atoms with E-state index in [1.165, 1.54) is 0 Å². The van der Waals surface area contributed by atoms with Crippen LogP contribution in [0.25, 0.3) is 0 Å². The first kappa shape index (κ1) is 11.9. The van der Waals surface area contributed by atoms with Crippen molar-refractivity contribution in [3.05, 3.63) is 0 Å². The number of rotatable bonds is 1. The highest BCUT2D eigenvalue weighted by Gasteiger charge is 2.20. The molecule has 0 aliphatic rings. The largest absolute Gasteiger partial charge is 0.458 e. The number of hydrogen-bond donors (Lipinski definition) is 2. The van der Waals surface area contributed by atoms with Crippen LogP contribution in [-0.2, 0) is 9.53 Å². The highest BCUT2D eigenvalue weighted by molar-refractivity contribution is 5.79. The maximum atomic E-state index is 11.1. The summed E-state index contributed by atoms with van der Waals surface area (Å²) >= 11 is 0. The lowest BCUT2D eigenvalue weighted by Gasteiger charge is -2.20. The molecule has 3 N–H and O–H groups in total. The van der Waals surface area contributed by atoms with Gasteiger partial charge in [-0.3, -0.25) is 0 Å². The van der Waals surface area contributed by atoms with Gasteiger partial charge in [-0.15, -0.1) is 0 Å². The van der Waals surface area contributed by atoms with E-state index in [2.05, 4.69) is 11.8 Å². The zero-order chi connectivity index (χ0) is 10.5. The summed E-state index contributed by atoms with van der Waals surface area (Å²) in [5.74, 6) is 4.08. The van der Waals surface area contributed by atoms with E-state index in [-0.39, 0.29) is 6.61 Å². The van der Waals surface area contributed by atoms with Gasteiger partial charge in [0.1, 0.15) is 12.2 Å². The van der Waals surface area contributed by atoms with Gasteiger partial charge in [0.05, 0.1) is 0 Å². The maximum absolute atomic E-state index is 11.1. The molecule has 0 heterocycles. The van der Waals surface area contributed by atoms with Crippen molar-refractivity contribution in [1.82, 2.24) is 0 Å². The molecule has 13 heavy (non-hydrogen) atoms. The number of ether oxygens (including phenoxy) is 1. The first-order valence-electron chi connectivity index (χ1n) is 3.94. The van der Waals surface area contributed by atoms with E-state index in [0.717, 1.165) is 0 Å². The molecule has 0 aromatic carbocycles. The van der Waals surface area contributed by atoms with Gasteiger partial charge in [0.15, 0.2) is 6.04 Å². The Morgan fingerprint density at radius 1 is 1.62 bits per heavy atom. The maximum Gasteiger partial charge on any atom is 0.336 e. The van der Waals surface area contributed by atoms with Crippen molar-refractivity contribution in [2.24, 2.45) is 5.73 Å². The number of aliphatic hydroxyl groups is 1. The van der Waals surface area contributed by atoms with Gasteiger partial charge in [-0.05, 0) is 20.8 Å². The molecule has 1 unspecified atom stereocenters. The third-order valence-electron chi connectivity index (χ3n) is 0.997. The van der Waals surface area contributed by atoms with Crippen LogP contribution in [-0.4, -0.2) is 29.3 Å². The van der Waals surface area contributed by atoms with E-state index in [1.807, 2.05) is 0 Å². The lowest BCUT2D eigenvalue weighted by atomic mass is 10.2. The fourth-order valence-electron chi connectivity index (χ4n) is 0.580. The van der Waals surface area contributed by atoms with Gasteiger partial charge in [-0.1, -0.05) is 11.8 Å². The molecule has 0 aliphatic heterocycles. The third kappa shape index (κ3) is 6.14. The van der Waals surface area contributed by atoms with Crippen LogP contribution < -0.4 is 5.73 Å². The normalized spacial score (nSPS) is 12.7. The van der Waals surface area contributed by atoms with Crippen molar-refractivity contribution >= 4 is 5.97 Å². The second-order valence-corrected chi connectivity index (χ2v) is 3.49. The van der Waals surface area contributed by atoms with Gasteiger partial charge >= 0.3 is 5.97 Å².